The number of carbonyl (C=O) groups excluding carboxylic acids is 1. The largest absolute Gasteiger partial charge is 0.492 e. The zero-order valence-corrected chi connectivity index (χ0v) is 12.5. The summed E-state index contributed by atoms with van der Waals surface area (Å²) in [7, 11) is 0. The van der Waals surface area contributed by atoms with Crippen molar-refractivity contribution >= 4 is 5.91 Å². The van der Waals surface area contributed by atoms with Crippen molar-refractivity contribution in [1.29, 1.82) is 0 Å². The molecule has 0 N–H and O–H groups in total. The maximum Gasteiger partial charge on any atom is 0.225 e. The highest BCUT2D eigenvalue weighted by Crippen LogP contribution is 2.31. The first kappa shape index (κ1) is 14.4. The summed E-state index contributed by atoms with van der Waals surface area (Å²) in [5.41, 5.74) is 0. The van der Waals surface area contributed by atoms with E-state index in [1.165, 1.54) is 0 Å². The van der Waals surface area contributed by atoms with Crippen LogP contribution in [0.5, 0.6) is 5.75 Å². The summed E-state index contributed by atoms with van der Waals surface area (Å²) in [6.45, 7) is 5.47. The molecule has 2 aliphatic rings. The van der Waals surface area contributed by atoms with Gasteiger partial charge >= 0.3 is 0 Å². The fourth-order valence-corrected chi connectivity index (χ4v) is 2.81. The standard InChI is InChI=1S/C17H24N2O2/c20-17(15-7-8-15)19-10-4-9-18(11-12-19)13-14-21-16-5-2-1-3-6-16/h1-3,5-6,15H,4,7-14H2. The molecule has 0 spiro atoms. The molecular formula is C17H24N2O2. The first-order valence-electron chi connectivity index (χ1n) is 8.02. The van der Waals surface area contributed by atoms with Crippen LogP contribution < -0.4 is 4.74 Å². The summed E-state index contributed by atoms with van der Waals surface area (Å²) >= 11 is 0. The Labute approximate surface area is 126 Å². The van der Waals surface area contributed by atoms with Gasteiger partial charge < -0.3 is 9.64 Å². The van der Waals surface area contributed by atoms with Gasteiger partial charge in [-0.25, -0.2) is 0 Å². The van der Waals surface area contributed by atoms with Gasteiger partial charge in [-0.15, -0.1) is 0 Å². The Morgan fingerprint density at radius 2 is 1.90 bits per heavy atom. The predicted octanol–water partition coefficient (Wildman–Crippen LogP) is 2.01. The van der Waals surface area contributed by atoms with Gasteiger partial charge in [0.2, 0.25) is 5.91 Å². The van der Waals surface area contributed by atoms with E-state index in [0.717, 1.165) is 57.7 Å². The van der Waals surface area contributed by atoms with E-state index in [1.54, 1.807) is 0 Å². The van der Waals surface area contributed by atoms with Crippen molar-refractivity contribution in [3.63, 3.8) is 0 Å². The molecule has 0 unspecified atom stereocenters. The van der Waals surface area contributed by atoms with Crippen molar-refractivity contribution in [1.82, 2.24) is 9.80 Å². The summed E-state index contributed by atoms with van der Waals surface area (Å²) < 4.78 is 5.75. The molecule has 3 rings (SSSR count). The third-order valence-corrected chi connectivity index (χ3v) is 4.25. The number of nitrogens with zero attached hydrogens (tertiary/aromatic N) is 2. The van der Waals surface area contributed by atoms with Crippen LogP contribution in [0.3, 0.4) is 0 Å². The predicted molar refractivity (Wildman–Crippen MR) is 82.3 cm³/mol. The minimum atomic E-state index is 0.345. The smallest absolute Gasteiger partial charge is 0.225 e. The Bertz CT molecular complexity index is 459. The third kappa shape index (κ3) is 4.21. The Kier molecular flexibility index (Phi) is 4.76. The van der Waals surface area contributed by atoms with Gasteiger partial charge in [0.15, 0.2) is 0 Å². The van der Waals surface area contributed by atoms with E-state index in [9.17, 15) is 4.79 Å². The second kappa shape index (κ2) is 6.94. The van der Waals surface area contributed by atoms with Crippen LogP contribution in [0.15, 0.2) is 30.3 Å². The molecule has 1 heterocycles. The third-order valence-electron chi connectivity index (χ3n) is 4.25. The molecule has 1 aliphatic heterocycles. The molecule has 4 heteroatoms. The van der Waals surface area contributed by atoms with Gasteiger partial charge in [-0.3, -0.25) is 9.69 Å². The molecule has 1 saturated carbocycles. The summed E-state index contributed by atoms with van der Waals surface area (Å²) in [5, 5.41) is 0. The van der Waals surface area contributed by atoms with Gasteiger partial charge in [-0.05, 0) is 31.4 Å². The Morgan fingerprint density at radius 1 is 1.10 bits per heavy atom. The van der Waals surface area contributed by atoms with E-state index in [2.05, 4.69) is 9.80 Å². The molecule has 0 bridgehead atoms. The monoisotopic (exact) mass is 288 g/mol. The second-order valence-corrected chi connectivity index (χ2v) is 5.96. The summed E-state index contributed by atoms with van der Waals surface area (Å²) in [6.07, 6.45) is 3.28. The SMILES string of the molecule is O=C(C1CC1)N1CCCN(CCOc2ccccc2)CC1. The van der Waals surface area contributed by atoms with Crippen LogP contribution in [-0.2, 0) is 4.79 Å². The minimum absolute atomic E-state index is 0.345. The van der Waals surface area contributed by atoms with Crippen LogP contribution in [0, 0.1) is 5.92 Å². The molecule has 114 valence electrons. The number of carbonyl (C=O) groups is 1. The van der Waals surface area contributed by atoms with Crippen molar-refractivity contribution in [2.45, 2.75) is 19.3 Å². The summed E-state index contributed by atoms with van der Waals surface area (Å²) in [6, 6.07) is 9.94. The Balaban J connectivity index is 1.39. The highest BCUT2D eigenvalue weighted by Gasteiger charge is 2.33. The molecule has 1 saturated heterocycles. The molecule has 0 atom stereocenters. The zero-order valence-electron chi connectivity index (χ0n) is 12.5. The first-order valence-corrected chi connectivity index (χ1v) is 8.02. The lowest BCUT2D eigenvalue weighted by Gasteiger charge is -2.22. The molecule has 0 aromatic heterocycles. The fourth-order valence-electron chi connectivity index (χ4n) is 2.81. The van der Waals surface area contributed by atoms with Crippen LogP contribution in [-0.4, -0.2) is 55.0 Å². The van der Waals surface area contributed by atoms with Crippen molar-refractivity contribution in [3.8, 4) is 5.75 Å². The lowest BCUT2D eigenvalue weighted by Crippen LogP contribution is -2.37. The number of hydrogen-bond donors (Lipinski definition) is 0. The Hall–Kier alpha value is -1.55. The Morgan fingerprint density at radius 3 is 2.67 bits per heavy atom. The second-order valence-electron chi connectivity index (χ2n) is 5.96. The highest BCUT2D eigenvalue weighted by atomic mass is 16.5. The number of para-hydroxylation sites is 1. The van der Waals surface area contributed by atoms with E-state index in [0.29, 0.717) is 18.4 Å². The maximum atomic E-state index is 12.1. The van der Waals surface area contributed by atoms with E-state index in [1.807, 2.05) is 30.3 Å². The zero-order chi connectivity index (χ0) is 14.5. The molecule has 1 amide bonds. The fraction of sp³-hybridized carbons (Fsp3) is 0.588. The van der Waals surface area contributed by atoms with Crippen LogP contribution in [0.25, 0.3) is 0 Å². The molecular weight excluding hydrogens is 264 g/mol. The number of rotatable bonds is 5. The summed E-state index contributed by atoms with van der Waals surface area (Å²) in [5.74, 6) is 1.66. The number of benzene rings is 1. The van der Waals surface area contributed by atoms with Crippen LogP contribution in [0.1, 0.15) is 19.3 Å². The van der Waals surface area contributed by atoms with Crippen molar-refractivity contribution < 1.29 is 9.53 Å². The van der Waals surface area contributed by atoms with Gasteiger partial charge in [-0.1, -0.05) is 18.2 Å². The average Bonchev–Trinajstić information content (AvgIpc) is 3.35. The van der Waals surface area contributed by atoms with Crippen LogP contribution in [0.4, 0.5) is 0 Å². The van der Waals surface area contributed by atoms with Gasteiger partial charge in [0.05, 0.1) is 0 Å². The normalized spacial score (nSPS) is 20.1. The van der Waals surface area contributed by atoms with E-state index in [4.69, 9.17) is 4.74 Å². The van der Waals surface area contributed by atoms with E-state index < -0.39 is 0 Å². The molecule has 1 aromatic rings. The lowest BCUT2D eigenvalue weighted by molar-refractivity contribution is -0.132. The lowest BCUT2D eigenvalue weighted by atomic mass is 10.3. The number of amides is 1. The molecule has 1 aliphatic carbocycles. The molecule has 0 radical (unpaired) electrons. The number of ether oxygens (including phenoxy) is 1. The maximum absolute atomic E-state index is 12.1. The highest BCUT2D eigenvalue weighted by molar-refractivity contribution is 5.81. The molecule has 21 heavy (non-hydrogen) atoms. The van der Waals surface area contributed by atoms with Crippen LogP contribution in [0.2, 0.25) is 0 Å². The topological polar surface area (TPSA) is 32.8 Å². The quantitative estimate of drug-likeness (QED) is 0.831. The van der Waals surface area contributed by atoms with E-state index >= 15 is 0 Å². The van der Waals surface area contributed by atoms with Crippen molar-refractivity contribution in [2.75, 3.05) is 39.3 Å². The van der Waals surface area contributed by atoms with Gasteiger partial charge in [0.1, 0.15) is 12.4 Å². The average molecular weight is 288 g/mol. The van der Waals surface area contributed by atoms with Gasteiger partial charge in [0.25, 0.3) is 0 Å². The summed E-state index contributed by atoms with van der Waals surface area (Å²) in [4.78, 5) is 16.6. The van der Waals surface area contributed by atoms with Crippen molar-refractivity contribution in [2.24, 2.45) is 5.92 Å². The van der Waals surface area contributed by atoms with Crippen LogP contribution >= 0.6 is 0 Å². The van der Waals surface area contributed by atoms with Gasteiger partial charge in [-0.2, -0.15) is 0 Å². The molecule has 2 fully saturated rings. The molecule has 4 nitrogen and oxygen atoms in total. The van der Waals surface area contributed by atoms with E-state index in [-0.39, 0.29) is 0 Å². The molecule has 1 aromatic carbocycles. The van der Waals surface area contributed by atoms with Gasteiger partial charge in [0, 0.05) is 38.6 Å². The first-order chi connectivity index (χ1) is 10.3. The minimum Gasteiger partial charge on any atom is -0.492 e. The number of hydrogen-bond acceptors (Lipinski definition) is 3. The van der Waals surface area contributed by atoms with Crippen molar-refractivity contribution in [3.05, 3.63) is 30.3 Å².